The van der Waals surface area contributed by atoms with Crippen molar-refractivity contribution < 1.29 is 4.42 Å². The molecular weight excluding hydrogens is 396 g/mol. The lowest BCUT2D eigenvalue weighted by atomic mass is 9.96. The van der Waals surface area contributed by atoms with Crippen LogP contribution >= 0.6 is 0 Å². The molecule has 3 aromatic rings. The molecule has 166 valence electrons. The highest BCUT2D eigenvalue weighted by molar-refractivity contribution is 5.99. The largest absolute Gasteiger partial charge is 0.438 e. The molecule has 4 rings (SSSR count). The molecule has 32 heavy (non-hydrogen) atoms. The Morgan fingerprint density at radius 2 is 1.91 bits per heavy atom. The van der Waals surface area contributed by atoms with E-state index in [1.165, 1.54) is 0 Å². The SMILES string of the molecule is Cc1c(C=Cc2ccccc2)c(N2CCC(N(C)C)C2)c2oc(C(C)(C)C)nc2c1C#N. The van der Waals surface area contributed by atoms with Crippen LogP contribution in [0, 0.1) is 18.3 Å². The average Bonchev–Trinajstić information content (AvgIpc) is 3.40. The molecule has 1 saturated heterocycles. The Kier molecular flexibility index (Phi) is 5.83. The molecule has 5 heteroatoms. The average molecular weight is 429 g/mol. The minimum absolute atomic E-state index is 0.242. The number of rotatable bonds is 4. The number of likely N-dealkylation sites (N-methyl/N-ethyl adjacent to an activating group) is 1. The molecule has 1 fully saturated rings. The number of hydrogen-bond donors (Lipinski definition) is 0. The van der Waals surface area contributed by atoms with Gasteiger partial charge in [0.15, 0.2) is 5.58 Å². The Morgan fingerprint density at radius 1 is 1.19 bits per heavy atom. The third-order valence-corrected chi connectivity index (χ3v) is 6.32. The Labute approximate surface area is 191 Å². The predicted molar refractivity (Wildman–Crippen MR) is 132 cm³/mol. The molecule has 0 N–H and O–H groups in total. The number of fused-ring (bicyclic) bond motifs is 1. The molecule has 0 aliphatic carbocycles. The second-order valence-corrected chi connectivity index (χ2v) is 9.92. The zero-order valence-electron chi connectivity index (χ0n) is 19.9. The van der Waals surface area contributed by atoms with E-state index in [0.717, 1.165) is 47.5 Å². The van der Waals surface area contributed by atoms with Gasteiger partial charge in [-0.2, -0.15) is 5.26 Å². The number of anilines is 1. The molecule has 2 heterocycles. The van der Waals surface area contributed by atoms with Crippen molar-refractivity contribution in [3.8, 4) is 6.07 Å². The summed E-state index contributed by atoms with van der Waals surface area (Å²) >= 11 is 0. The van der Waals surface area contributed by atoms with Gasteiger partial charge >= 0.3 is 0 Å². The number of hydrogen-bond acceptors (Lipinski definition) is 5. The van der Waals surface area contributed by atoms with Gasteiger partial charge in [-0.15, -0.1) is 0 Å². The highest BCUT2D eigenvalue weighted by atomic mass is 16.4. The van der Waals surface area contributed by atoms with Gasteiger partial charge in [0.05, 0.1) is 11.3 Å². The molecule has 1 aliphatic heterocycles. The van der Waals surface area contributed by atoms with Crippen molar-refractivity contribution in [3.05, 3.63) is 58.5 Å². The molecule has 1 aliphatic rings. The van der Waals surface area contributed by atoms with Crippen LogP contribution in [0.1, 0.15) is 55.3 Å². The summed E-state index contributed by atoms with van der Waals surface area (Å²) in [6.07, 6.45) is 5.33. The minimum atomic E-state index is -0.242. The number of benzene rings is 2. The van der Waals surface area contributed by atoms with Gasteiger partial charge in [0.1, 0.15) is 11.6 Å². The summed E-state index contributed by atoms with van der Waals surface area (Å²) in [4.78, 5) is 9.50. The van der Waals surface area contributed by atoms with E-state index in [1.807, 2.05) is 25.1 Å². The Bertz CT molecular complexity index is 1190. The molecule has 0 radical (unpaired) electrons. The van der Waals surface area contributed by atoms with Crippen molar-refractivity contribution >= 4 is 28.9 Å². The molecule has 0 amide bonds. The van der Waals surface area contributed by atoms with Crippen molar-refractivity contribution in [1.29, 1.82) is 5.26 Å². The molecule has 1 atom stereocenters. The molecular formula is C27H32N4O. The molecule has 0 saturated carbocycles. The van der Waals surface area contributed by atoms with Crippen LogP contribution in [0.4, 0.5) is 5.69 Å². The lowest BCUT2D eigenvalue weighted by Gasteiger charge is -2.24. The lowest BCUT2D eigenvalue weighted by Crippen LogP contribution is -2.31. The topological polar surface area (TPSA) is 56.3 Å². The summed E-state index contributed by atoms with van der Waals surface area (Å²) in [5.41, 5.74) is 5.92. The van der Waals surface area contributed by atoms with E-state index in [4.69, 9.17) is 9.40 Å². The first-order chi connectivity index (χ1) is 15.2. The van der Waals surface area contributed by atoms with Crippen LogP contribution in [0.2, 0.25) is 0 Å². The quantitative estimate of drug-likeness (QED) is 0.505. The molecule has 1 aromatic heterocycles. The standard InChI is InChI=1S/C27H32N4O/c1-18-21(13-12-19-10-8-7-9-11-19)24(31-15-14-20(17-31)30(5)6)25-23(22(18)16-28)29-26(32-25)27(2,3)4/h7-13,20H,14-15,17H2,1-6H3. The van der Waals surface area contributed by atoms with Gasteiger partial charge < -0.3 is 14.2 Å². The summed E-state index contributed by atoms with van der Waals surface area (Å²) in [5, 5.41) is 10.0. The van der Waals surface area contributed by atoms with Crippen LogP contribution in [0.3, 0.4) is 0 Å². The van der Waals surface area contributed by atoms with E-state index >= 15 is 0 Å². The van der Waals surface area contributed by atoms with Crippen LogP contribution < -0.4 is 4.90 Å². The zero-order chi connectivity index (χ0) is 23.0. The number of nitriles is 1. The van der Waals surface area contributed by atoms with Gasteiger partial charge in [0.25, 0.3) is 0 Å². The summed E-state index contributed by atoms with van der Waals surface area (Å²) < 4.78 is 6.41. The molecule has 1 unspecified atom stereocenters. The van der Waals surface area contributed by atoms with Gasteiger partial charge in [-0.25, -0.2) is 4.98 Å². The van der Waals surface area contributed by atoms with Crippen molar-refractivity contribution in [2.75, 3.05) is 32.1 Å². The summed E-state index contributed by atoms with van der Waals surface area (Å²) in [6, 6.07) is 13.1. The summed E-state index contributed by atoms with van der Waals surface area (Å²) in [6.45, 7) is 10.2. The van der Waals surface area contributed by atoms with E-state index < -0.39 is 0 Å². The van der Waals surface area contributed by atoms with Crippen molar-refractivity contribution in [1.82, 2.24) is 9.88 Å². The third kappa shape index (κ3) is 4.03. The fraction of sp³-hybridized carbons (Fsp3) is 0.407. The van der Waals surface area contributed by atoms with Crippen LogP contribution in [-0.4, -0.2) is 43.1 Å². The van der Waals surface area contributed by atoms with Gasteiger partial charge in [0.2, 0.25) is 5.89 Å². The maximum Gasteiger partial charge on any atom is 0.201 e. The zero-order valence-corrected chi connectivity index (χ0v) is 19.9. The summed E-state index contributed by atoms with van der Waals surface area (Å²) in [7, 11) is 4.27. The Morgan fingerprint density at radius 3 is 2.50 bits per heavy atom. The van der Waals surface area contributed by atoms with E-state index in [-0.39, 0.29) is 5.41 Å². The fourth-order valence-corrected chi connectivity index (χ4v) is 4.35. The van der Waals surface area contributed by atoms with E-state index in [2.05, 4.69) is 75.0 Å². The highest BCUT2D eigenvalue weighted by Gasteiger charge is 2.32. The van der Waals surface area contributed by atoms with Gasteiger partial charge in [-0.3, -0.25) is 0 Å². The Hall–Kier alpha value is -3.10. The molecule has 0 spiro atoms. The number of oxazole rings is 1. The van der Waals surface area contributed by atoms with E-state index in [0.29, 0.717) is 23.0 Å². The third-order valence-electron chi connectivity index (χ3n) is 6.32. The van der Waals surface area contributed by atoms with Gasteiger partial charge in [0, 0.05) is 30.1 Å². The normalized spacial score (nSPS) is 17.1. The first-order valence-corrected chi connectivity index (χ1v) is 11.2. The first-order valence-electron chi connectivity index (χ1n) is 11.2. The highest BCUT2D eigenvalue weighted by Crippen LogP contribution is 2.41. The second-order valence-electron chi connectivity index (χ2n) is 9.92. The van der Waals surface area contributed by atoms with Crippen LogP contribution in [0.15, 0.2) is 34.7 Å². The maximum atomic E-state index is 10.0. The lowest BCUT2D eigenvalue weighted by molar-refractivity contribution is 0.315. The number of aromatic nitrogens is 1. The van der Waals surface area contributed by atoms with Gasteiger partial charge in [-0.1, -0.05) is 63.3 Å². The van der Waals surface area contributed by atoms with Crippen LogP contribution in [-0.2, 0) is 5.41 Å². The predicted octanol–water partition coefficient (Wildman–Crippen LogP) is 5.62. The number of nitrogens with zero attached hydrogens (tertiary/aromatic N) is 4. The fourth-order valence-electron chi connectivity index (χ4n) is 4.35. The monoisotopic (exact) mass is 428 g/mol. The minimum Gasteiger partial charge on any atom is -0.438 e. The molecule has 0 bridgehead atoms. The Balaban J connectivity index is 1.96. The van der Waals surface area contributed by atoms with Crippen molar-refractivity contribution in [3.63, 3.8) is 0 Å². The van der Waals surface area contributed by atoms with E-state index in [9.17, 15) is 5.26 Å². The van der Waals surface area contributed by atoms with E-state index in [1.54, 1.807) is 0 Å². The maximum absolute atomic E-state index is 10.0. The molecule has 2 aromatic carbocycles. The van der Waals surface area contributed by atoms with Crippen LogP contribution in [0.25, 0.3) is 23.3 Å². The smallest absolute Gasteiger partial charge is 0.201 e. The first kappa shape index (κ1) is 22.1. The second kappa shape index (κ2) is 8.44. The molecule has 5 nitrogen and oxygen atoms in total. The summed E-state index contributed by atoms with van der Waals surface area (Å²) in [5.74, 6) is 0.664. The van der Waals surface area contributed by atoms with Crippen LogP contribution in [0.5, 0.6) is 0 Å². The van der Waals surface area contributed by atoms with Crippen molar-refractivity contribution in [2.24, 2.45) is 0 Å². The van der Waals surface area contributed by atoms with Crippen molar-refractivity contribution in [2.45, 2.75) is 45.6 Å². The van der Waals surface area contributed by atoms with Gasteiger partial charge in [-0.05, 0) is 38.6 Å².